The molecule has 0 saturated heterocycles. The predicted molar refractivity (Wildman–Crippen MR) is 113 cm³/mol. The number of unbranched alkanes of at least 4 members (excludes halogenated alkanes) is 4. The van der Waals surface area contributed by atoms with Gasteiger partial charge in [-0.2, -0.15) is 0 Å². The van der Waals surface area contributed by atoms with Gasteiger partial charge in [-0.3, -0.25) is 4.79 Å². The second-order valence-electron chi connectivity index (χ2n) is 7.32. The van der Waals surface area contributed by atoms with Gasteiger partial charge in [0.25, 0.3) is 0 Å². The minimum Gasteiger partial charge on any atom is -0.480 e. The van der Waals surface area contributed by atoms with Gasteiger partial charge in [0, 0.05) is 0 Å². The van der Waals surface area contributed by atoms with Crippen LogP contribution in [0.3, 0.4) is 0 Å². The van der Waals surface area contributed by atoms with Crippen molar-refractivity contribution in [1.82, 2.24) is 20.2 Å². The van der Waals surface area contributed by atoms with Crippen molar-refractivity contribution in [2.45, 2.75) is 85.6 Å². The molecule has 26 heavy (non-hydrogen) atoms. The van der Waals surface area contributed by atoms with Crippen molar-refractivity contribution in [3.8, 4) is 0 Å². The third-order valence-corrected chi connectivity index (χ3v) is 10.6. The molecule has 0 aliphatic carbocycles. The largest absolute Gasteiger partial charge is 0.480 e. The van der Waals surface area contributed by atoms with Crippen molar-refractivity contribution in [1.29, 1.82) is 0 Å². The second kappa shape index (κ2) is 16.2. The molecular weight excluding hydrogens is 347 g/mol. The Bertz CT molecular complexity index is 403. The van der Waals surface area contributed by atoms with E-state index < -0.39 is 13.2 Å². The van der Waals surface area contributed by atoms with E-state index in [1.807, 2.05) is 0 Å². The summed E-state index contributed by atoms with van der Waals surface area (Å²) in [4.78, 5) is 9.95. The molecule has 0 amide bonds. The number of rotatable bonds is 14. The maximum Gasteiger partial charge on any atom is 0.325 e. The van der Waals surface area contributed by atoms with Crippen molar-refractivity contribution in [3.63, 3.8) is 0 Å². The number of carbonyl (C=O) groups is 1. The number of hydrogen-bond acceptors (Lipinski definition) is 4. The Labute approximate surface area is 160 Å². The third-order valence-electron chi connectivity index (χ3n) is 4.93. The number of carboxylic acid groups (broad SMARTS) is 1. The van der Waals surface area contributed by atoms with Crippen LogP contribution in [0.15, 0.2) is 6.33 Å². The fraction of sp³-hybridized carbons (Fsp3) is 0.895. The summed E-state index contributed by atoms with van der Waals surface area (Å²) < 4.78 is 1.13. The summed E-state index contributed by atoms with van der Waals surface area (Å²) in [5.41, 5.74) is 0. The third kappa shape index (κ3) is 12.3. The molecule has 0 fully saturated rings. The summed E-state index contributed by atoms with van der Waals surface area (Å²) in [7, 11) is -0.879. The van der Waals surface area contributed by atoms with Crippen molar-refractivity contribution in [2.75, 3.05) is 24.6 Å². The van der Waals surface area contributed by atoms with Gasteiger partial charge in [-0.1, -0.05) is 0 Å². The minimum absolute atomic E-state index is 0.188. The molecule has 0 radical (unpaired) electrons. The molecule has 0 spiro atoms. The molecule has 0 bridgehead atoms. The summed E-state index contributed by atoms with van der Waals surface area (Å²) in [5.74, 6) is -0.956. The molecule has 1 rings (SSSR count). The number of tetrazole rings is 1. The van der Waals surface area contributed by atoms with Crippen LogP contribution in [0.25, 0.3) is 0 Å². The number of aliphatic carboxylic acids is 1. The average molecular weight is 389 g/mol. The number of nitrogens with zero attached hydrogens (tertiary/aromatic N) is 4. The van der Waals surface area contributed by atoms with E-state index in [2.05, 4.69) is 43.2 Å². The molecular formula is C19H41N4O2P. The van der Waals surface area contributed by atoms with E-state index in [0.29, 0.717) is 0 Å². The molecule has 1 heterocycles. The Kier molecular flexibility index (Phi) is 15.5. The molecule has 0 saturated carbocycles. The van der Waals surface area contributed by atoms with E-state index in [9.17, 15) is 4.79 Å². The van der Waals surface area contributed by atoms with Gasteiger partial charge in [0.2, 0.25) is 0 Å². The predicted octanol–water partition coefficient (Wildman–Crippen LogP) is 4.69. The van der Waals surface area contributed by atoms with Gasteiger partial charge in [0.05, 0.1) is 0 Å². The minimum atomic E-state index is -0.956. The Hall–Kier alpha value is -1.03. The zero-order chi connectivity index (χ0) is 19.7. The molecule has 0 aliphatic heterocycles. The normalized spacial score (nSPS) is 11.7. The van der Waals surface area contributed by atoms with Gasteiger partial charge in [0.1, 0.15) is 12.9 Å². The van der Waals surface area contributed by atoms with Crippen molar-refractivity contribution in [3.05, 3.63) is 6.33 Å². The SMILES string of the molecule is CCCC[PH](CCCC)(CCCC)CCCC.O=C(O)Cn1cnnn1. The van der Waals surface area contributed by atoms with E-state index in [1.165, 1.54) is 57.7 Å². The van der Waals surface area contributed by atoms with E-state index in [4.69, 9.17) is 5.11 Å². The van der Waals surface area contributed by atoms with Crippen molar-refractivity contribution < 1.29 is 9.90 Å². The van der Waals surface area contributed by atoms with Crippen molar-refractivity contribution >= 4 is 13.2 Å². The van der Waals surface area contributed by atoms with Gasteiger partial charge >= 0.3 is 117 Å². The topological polar surface area (TPSA) is 80.9 Å². The van der Waals surface area contributed by atoms with Gasteiger partial charge in [-0.15, -0.1) is 5.10 Å². The zero-order valence-corrected chi connectivity index (χ0v) is 18.4. The molecule has 7 heteroatoms. The van der Waals surface area contributed by atoms with E-state index in [-0.39, 0.29) is 6.54 Å². The molecule has 6 nitrogen and oxygen atoms in total. The fourth-order valence-electron chi connectivity index (χ4n) is 3.35. The van der Waals surface area contributed by atoms with Crippen LogP contribution in [0, 0.1) is 0 Å². The van der Waals surface area contributed by atoms with Crippen LogP contribution >= 0.6 is 7.26 Å². The summed E-state index contributed by atoms with van der Waals surface area (Å²) in [6.07, 6.45) is 19.4. The standard InChI is InChI=1S/C16H37P.C3H4N4O2/c1-5-9-13-17(14-10-6-2,15-11-7-3)16-12-8-4;8-3(9)1-7-2-4-5-6-7/h17H,5-16H2,1-4H3;2H,1H2,(H,8,9). The van der Waals surface area contributed by atoms with E-state index >= 15 is 0 Å². The van der Waals surface area contributed by atoms with Crippen LogP contribution in [-0.2, 0) is 11.3 Å². The molecule has 0 atom stereocenters. The van der Waals surface area contributed by atoms with Crippen LogP contribution in [0.1, 0.15) is 79.1 Å². The molecule has 0 aliphatic rings. The molecule has 0 aromatic carbocycles. The quantitative estimate of drug-likeness (QED) is 0.467. The Morgan fingerprint density at radius 1 is 0.885 bits per heavy atom. The second-order valence-corrected chi connectivity index (χ2v) is 12.3. The first-order chi connectivity index (χ1) is 12.5. The van der Waals surface area contributed by atoms with Gasteiger partial charge in [0.15, 0.2) is 0 Å². The Morgan fingerprint density at radius 3 is 1.58 bits per heavy atom. The monoisotopic (exact) mass is 388 g/mol. The van der Waals surface area contributed by atoms with E-state index in [1.54, 1.807) is 24.6 Å². The Morgan fingerprint density at radius 2 is 1.31 bits per heavy atom. The Balaban J connectivity index is 0.000000577. The van der Waals surface area contributed by atoms with Crippen LogP contribution < -0.4 is 0 Å². The summed E-state index contributed by atoms with van der Waals surface area (Å²) in [5, 5.41) is 18.0. The average Bonchev–Trinajstić information content (AvgIpc) is 3.13. The first-order valence-electron chi connectivity index (χ1n) is 10.5. The van der Waals surface area contributed by atoms with Crippen molar-refractivity contribution in [2.24, 2.45) is 0 Å². The molecule has 1 aromatic rings. The number of aromatic nitrogens is 4. The number of carboxylic acids is 1. The summed E-state index contributed by atoms with van der Waals surface area (Å²) >= 11 is 0. The summed E-state index contributed by atoms with van der Waals surface area (Å²) in [6.45, 7) is 9.25. The van der Waals surface area contributed by atoms with Crippen LogP contribution in [0.5, 0.6) is 0 Å². The van der Waals surface area contributed by atoms with E-state index in [0.717, 1.165) is 4.68 Å². The molecule has 1 aromatic heterocycles. The van der Waals surface area contributed by atoms with Crippen LogP contribution in [-0.4, -0.2) is 55.9 Å². The summed E-state index contributed by atoms with van der Waals surface area (Å²) in [6, 6.07) is 0. The van der Waals surface area contributed by atoms with Gasteiger partial charge in [-0.25, -0.2) is 4.68 Å². The molecule has 1 N–H and O–H groups in total. The fourth-order valence-corrected chi connectivity index (χ4v) is 9.26. The first-order valence-corrected chi connectivity index (χ1v) is 13.3. The molecule has 0 unspecified atom stereocenters. The van der Waals surface area contributed by atoms with Crippen LogP contribution in [0.2, 0.25) is 0 Å². The van der Waals surface area contributed by atoms with Gasteiger partial charge in [-0.05, 0) is 10.4 Å². The molecule has 154 valence electrons. The van der Waals surface area contributed by atoms with Gasteiger partial charge < -0.3 is 5.11 Å². The first kappa shape index (κ1) is 25.0. The maximum absolute atomic E-state index is 9.95. The zero-order valence-electron chi connectivity index (χ0n) is 17.4. The maximum atomic E-state index is 9.95. The smallest absolute Gasteiger partial charge is 0.325 e. The van der Waals surface area contributed by atoms with Crippen LogP contribution in [0.4, 0.5) is 0 Å². The number of hydrogen-bond donors (Lipinski definition) is 1.